The maximum atomic E-state index is 9.81. The molecule has 2 rings (SSSR count). The van der Waals surface area contributed by atoms with Crippen molar-refractivity contribution >= 4 is 0 Å². The number of phenols is 1. The molecule has 1 aliphatic carbocycles. The Balaban J connectivity index is 1.94. The van der Waals surface area contributed by atoms with Gasteiger partial charge in [-0.05, 0) is 43.9 Å². The summed E-state index contributed by atoms with van der Waals surface area (Å²) in [6, 6.07) is 4.61. The van der Waals surface area contributed by atoms with Gasteiger partial charge in [0.1, 0.15) is 5.75 Å². The van der Waals surface area contributed by atoms with E-state index in [4.69, 9.17) is 4.74 Å². The monoisotopic (exact) mass is 277 g/mol. The average Bonchev–Trinajstić information content (AvgIpc) is 2.39. The molecule has 0 aromatic heterocycles. The summed E-state index contributed by atoms with van der Waals surface area (Å²) in [4.78, 5) is 0. The fraction of sp³-hybridized carbons (Fsp3) is 0.647. The number of hydrogen-bond acceptors (Lipinski definition) is 3. The molecule has 0 aliphatic heterocycles. The first-order valence-electron chi connectivity index (χ1n) is 7.50. The number of ether oxygens (including phenoxy) is 1. The molecule has 0 bridgehead atoms. The van der Waals surface area contributed by atoms with Crippen LogP contribution in [0.2, 0.25) is 0 Å². The summed E-state index contributed by atoms with van der Waals surface area (Å²) in [6.45, 7) is 12.1. The lowest BCUT2D eigenvalue weighted by atomic mass is 9.64. The molecule has 112 valence electrons. The van der Waals surface area contributed by atoms with Gasteiger partial charge < -0.3 is 15.2 Å². The van der Waals surface area contributed by atoms with E-state index >= 15 is 0 Å². The molecule has 2 N–H and O–H groups in total. The van der Waals surface area contributed by atoms with Gasteiger partial charge in [0.25, 0.3) is 0 Å². The largest absolute Gasteiger partial charge is 0.507 e. The van der Waals surface area contributed by atoms with E-state index < -0.39 is 0 Å². The predicted octanol–water partition coefficient (Wildman–Crippen LogP) is 3.30. The van der Waals surface area contributed by atoms with Crippen molar-refractivity contribution in [2.45, 2.75) is 59.7 Å². The minimum Gasteiger partial charge on any atom is -0.507 e. The van der Waals surface area contributed by atoms with Crippen molar-refractivity contribution in [2.24, 2.45) is 5.41 Å². The van der Waals surface area contributed by atoms with E-state index in [9.17, 15) is 5.11 Å². The Bertz CT molecular complexity index is 459. The smallest absolute Gasteiger partial charge is 0.121 e. The summed E-state index contributed by atoms with van der Waals surface area (Å²) in [5.41, 5.74) is 3.31. The van der Waals surface area contributed by atoms with E-state index in [0.29, 0.717) is 17.9 Å². The molecule has 2 unspecified atom stereocenters. The Morgan fingerprint density at radius 3 is 2.40 bits per heavy atom. The van der Waals surface area contributed by atoms with Crippen LogP contribution in [0, 0.1) is 19.3 Å². The van der Waals surface area contributed by atoms with E-state index in [1.807, 2.05) is 13.8 Å². The lowest BCUT2D eigenvalue weighted by Crippen LogP contribution is -2.60. The van der Waals surface area contributed by atoms with Crippen LogP contribution in [0.1, 0.15) is 43.9 Å². The van der Waals surface area contributed by atoms with Crippen molar-refractivity contribution in [3.63, 3.8) is 0 Å². The van der Waals surface area contributed by atoms with Crippen LogP contribution in [-0.2, 0) is 11.3 Å². The molecular formula is C17H27NO2. The van der Waals surface area contributed by atoms with Gasteiger partial charge in [-0.15, -0.1) is 0 Å². The molecule has 1 aromatic rings. The van der Waals surface area contributed by atoms with Gasteiger partial charge in [0.05, 0.1) is 6.10 Å². The van der Waals surface area contributed by atoms with Crippen molar-refractivity contribution in [2.75, 3.05) is 6.61 Å². The van der Waals surface area contributed by atoms with Gasteiger partial charge in [0.15, 0.2) is 0 Å². The van der Waals surface area contributed by atoms with Crippen molar-refractivity contribution in [1.82, 2.24) is 5.32 Å². The Kier molecular flexibility index (Phi) is 4.40. The summed E-state index contributed by atoms with van der Waals surface area (Å²) < 4.78 is 5.76. The number of aryl methyl sites for hydroxylation is 2. The minimum absolute atomic E-state index is 0.191. The fourth-order valence-corrected chi connectivity index (χ4v) is 3.10. The zero-order valence-electron chi connectivity index (χ0n) is 13.3. The lowest BCUT2D eigenvalue weighted by Gasteiger charge is -2.52. The molecule has 1 saturated carbocycles. The third-order valence-electron chi connectivity index (χ3n) is 4.65. The topological polar surface area (TPSA) is 41.5 Å². The molecule has 0 spiro atoms. The predicted molar refractivity (Wildman–Crippen MR) is 82.0 cm³/mol. The zero-order valence-corrected chi connectivity index (χ0v) is 13.3. The average molecular weight is 277 g/mol. The van der Waals surface area contributed by atoms with Gasteiger partial charge in [-0.25, -0.2) is 0 Å². The number of hydrogen-bond donors (Lipinski definition) is 2. The summed E-state index contributed by atoms with van der Waals surface area (Å²) >= 11 is 0. The molecule has 0 heterocycles. The van der Waals surface area contributed by atoms with Crippen LogP contribution in [-0.4, -0.2) is 23.9 Å². The van der Waals surface area contributed by atoms with Crippen LogP contribution >= 0.6 is 0 Å². The summed E-state index contributed by atoms with van der Waals surface area (Å²) in [6.07, 6.45) is 1.45. The molecule has 3 nitrogen and oxygen atoms in total. The molecule has 2 atom stereocenters. The van der Waals surface area contributed by atoms with E-state index in [1.54, 1.807) is 0 Å². The van der Waals surface area contributed by atoms with Crippen LogP contribution in [0.25, 0.3) is 0 Å². The van der Waals surface area contributed by atoms with Crippen molar-refractivity contribution < 1.29 is 9.84 Å². The number of aromatic hydroxyl groups is 1. The molecule has 20 heavy (non-hydrogen) atoms. The number of rotatable bonds is 5. The molecule has 1 aromatic carbocycles. The second-order valence-electron chi connectivity index (χ2n) is 6.51. The number of phenolic OH excluding ortho intramolecular Hbond substituents is 1. The quantitative estimate of drug-likeness (QED) is 0.867. The van der Waals surface area contributed by atoms with E-state index in [1.165, 1.54) is 5.56 Å². The Hall–Kier alpha value is -1.06. The number of benzene rings is 1. The lowest BCUT2D eigenvalue weighted by molar-refractivity contribution is -0.114. The van der Waals surface area contributed by atoms with E-state index in [2.05, 4.69) is 38.2 Å². The minimum atomic E-state index is 0.191. The standard InChI is InChI=1S/C17H27NO2/c1-6-20-15-9-14(17(15,4)5)18-10-13-7-11(2)16(19)12(3)8-13/h7-8,14-15,18-19H,6,9-10H2,1-5H3. The Labute approximate surface area is 122 Å². The van der Waals surface area contributed by atoms with Crippen LogP contribution in [0.15, 0.2) is 12.1 Å². The second-order valence-corrected chi connectivity index (χ2v) is 6.51. The van der Waals surface area contributed by atoms with Gasteiger partial charge in [0, 0.05) is 24.6 Å². The molecule has 0 saturated heterocycles. The van der Waals surface area contributed by atoms with Crippen LogP contribution in [0.5, 0.6) is 5.75 Å². The molecule has 1 aliphatic rings. The first kappa shape index (κ1) is 15.3. The SMILES string of the molecule is CCOC1CC(NCc2cc(C)c(O)c(C)c2)C1(C)C. The van der Waals surface area contributed by atoms with E-state index in [-0.39, 0.29) is 5.41 Å². The van der Waals surface area contributed by atoms with Crippen molar-refractivity contribution in [1.29, 1.82) is 0 Å². The number of nitrogens with one attached hydrogen (secondary N) is 1. The zero-order chi connectivity index (χ0) is 14.9. The van der Waals surface area contributed by atoms with Gasteiger partial charge in [0.2, 0.25) is 0 Å². The van der Waals surface area contributed by atoms with Gasteiger partial charge in [-0.1, -0.05) is 26.0 Å². The summed E-state index contributed by atoms with van der Waals surface area (Å²) in [5, 5.41) is 13.4. The highest BCUT2D eigenvalue weighted by Gasteiger charge is 2.48. The highest BCUT2D eigenvalue weighted by atomic mass is 16.5. The molecule has 0 radical (unpaired) electrons. The van der Waals surface area contributed by atoms with Crippen LogP contribution in [0.3, 0.4) is 0 Å². The molecule has 0 amide bonds. The second kappa shape index (κ2) is 5.74. The van der Waals surface area contributed by atoms with Crippen molar-refractivity contribution in [3.8, 4) is 5.75 Å². The van der Waals surface area contributed by atoms with Gasteiger partial charge >= 0.3 is 0 Å². The summed E-state index contributed by atoms with van der Waals surface area (Å²) in [7, 11) is 0. The highest BCUT2D eigenvalue weighted by Crippen LogP contribution is 2.42. The van der Waals surface area contributed by atoms with Crippen LogP contribution in [0.4, 0.5) is 0 Å². The Morgan fingerprint density at radius 1 is 1.30 bits per heavy atom. The van der Waals surface area contributed by atoms with Crippen LogP contribution < -0.4 is 5.32 Å². The molecule has 3 heteroatoms. The third kappa shape index (κ3) is 2.84. The maximum Gasteiger partial charge on any atom is 0.121 e. The maximum absolute atomic E-state index is 9.81. The normalized spacial score (nSPS) is 24.4. The first-order chi connectivity index (χ1) is 9.36. The first-order valence-corrected chi connectivity index (χ1v) is 7.50. The molecule has 1 fully saturated rings. The van der Waals surface area contributed by atoms with Gasteiger partial charge in [-0.3, -0.25) is 0 Å². The van der Waals surface area contributed by atoms with Crippen molar-refractivity contribution in [3.05, 3.63) is 28.8 Å². The highest BCUT2D eigenvalue weighted by molar-refractivity contribution is 5.42. The molecular weight excluding hydrogens is 250 g/mol. The van der Waals surface area contributed by atoms with E-state index in [0.717, 1.165) is 30.7 Å². The third-order valence-corrected chi connectivity index (χ3v) is 4.65. The summed E-state index contributed by atoms with van der Waals surface area (Å²) in [5.74, 6) is 0.411. The van der Waals surface area contributed by atoms with Gasteiger partial charge in [-0.2, -0.15) is 0 Å². The Morgan fingerprint density at radius 2 is 1.90 bits per heavy atom. The fourth-order valence-electron chi connectivity index (χ4n) is 3.10.